The van der Waals surface area contributed by atoms with Crippen LogP contribution in [0.5, 0.6) is 11.5 Å². The summed E-state index contributed by atoms with van der Waals surface area (Å²) in [6.07, 6.45) is -1.95. The molecule has 6 heterocycles. The van der Waals surface area contributed by atoms with Gasteiger partial charge in [-0.25, -0.2) is 27.5 Å². The van der Waals surface area contributed by atoms with Gasteiger partial charge in [0.2, 0.25) is 0 Å². The Morgan fingerprint density at radius 1 is 0.654 bits per heavy atom. The van der Waals surface area contributed by atoms with E-state index in [2.05, 4.69) is 20.6 Å². The second kappa shape index (κ2) is 14.0. The third-order valence-electron chi connectivity index (χ3n) is 9.56. The molecule has 8 rings (SSSR count). The third kappa shape index (κ3) is 7.19. The van der Waals surface area contributed by atoms with Crippen LogP contribution >= 0.6 is 0 Å². The Morgan fingerprint density at radius 3 is 1.40 bits per heavy atom. The molecule has 0 radical (unpaired) electrons. The first kappa shape index (κ1) is 35.0. The molecule has 4 aliphatic heterocycles. The highest BCUT2D eigenvalue weighted by molar-refractivity contribution is 5.98. The van der Waals surface area contributed by atoms with E-state index in [0.717, 1.165) is 11.1 Å². The lowest BCUT2D eigenvalue weighted by atomic mass is 10.0. The van der Waals surface area contributed by atoms with Crippen LogP contribution in [0.4, 0.5) is 29.2 Å². The molecular weight excluding hydrogens is 680 g/mol. The Morgan fingerprint density at radius 2 is 1.04 bits per heavy atom. The Labute approximate surface area is 298 Å². The largest absolute Gasteiger partial charge is 0.484 e. The average molecular weight is 719 g/mol. The van der Waals surface area contributed by atoms with Crippen LogP contribution in [-0.4, -0.2) is 72.0 Å². The number of fused-ring (bicyclic) bond motifs is 2. The Hall–Kier alpha value is -5.40. The van der Waals surface area contributed by atoms with E-state index in [9.17, 15) is 27.2 Å². The molecule has 2 saturated heterocycles. The second-order valence-electron chi connectivity index (χ2n) is 13.4. The van der Waals surface area contributed by atoms with Crippen molar-refractivity contribution in [2.75, 3.05) is 36.0 Å². The summed E-state index contributed by atoms with van der Waals surface area (Å²) in [5.41, 5.74) is 3.72. The van der Waals surface area contributed by atoms with Gasteiger partial charge in [0.05, 0.1) is 48.7 Å². The lowest BCUT2D eigenvalue weighted by Gasteiger charge is -2.39. The highest BCUT2D eigenvalue weighted by atomic mass is 19.3. The van der Waals surface area contributed by atoms with E-state index in [4.69, 9.17) is 9.47 Å². The maximum absolute atomic E-state index is 14.7. The molecule has 4 aliphatic rings. The molecule has 2 fully saturated rings. The molecule has 0 saturated carbocycles. The van der Waals surface area contributed by atoms with E-state index in [1.54, 1.807) is 84.3 Å². The molecule has 0 bridgehead atoms. The van der Waals surface area contributed by atoms with Gasteiger partial charge in [-0.1, -0.05) is 36.4 Å². The van der Waals surface area contributed by atoms with Gasteiger partial charge >= 0.3 is 11.8 Å². The number of hydrogen-bond acceptors (Lipinski definition) is 8. The van der Waals surface area contributed by atoms with E-state index in [1.807, 2.05) is 12.1 Å². The van der Waals surface area contributed by atoms with E-state index in [-0.39, 0.29) is 24.7 Å². The zero-order valence-electron chi connectivity index (χ0n) is 28.7. The Balaban J connectivity index is 0.000000162. The summed E-state index contributed by atoms with van der Waals surface area (Å²) < 4.78 is 69.8. The number of carbonyl (C=O) groups is 2. The molecule has 2 unspecified atom stereocenters. The number of piperidine rings is 2. The fraction of sp³-hybridized carbons (Fsp3) is 0.368. The number of aryl methyl sites for hydroxylation is 2. The number of alkyl halides is 4. The maximum Gasteiger partial charge on any atom is 0.301 e. The molecule has 0 spiro atoms. The van der Waals surface area contributed by atoms with Gasteiger partial charge in [-0.2, -0.15) is 0 Å². The van der Waals surface area contributed by atoms with Crippen molar-refractivity contribution in [2.24, 2.45) is 0 Å². The van der Waals surface area contributed by atoms with Crippen LogP contribution in [-0.2, 0) is 13.1 Å². The SMILES string of the molecule is Cc1cc2c(nc1N1CCC(Oc3ccccc3)C(F)(F)C1)CNC2=O.Cc1cc2c(nc1N1CCC(Oc3ccccc3)C(F)(F)C1)CNC2=O. The smallest absolute Gasteiger partial charge is 0.301 e. The minimum atomic E-state index is -3.00. The average Bonchev–Trinajstić information content (AvgIpc) is 3.67. The number of anilines is 2. The number of pyridine rings is 2. The molecule has 2 aromatic heterocycles. The van der Waals surface area contributed by atoms with Crippen molar-refractivity contribution in [3.63, 3.8) is 0 Å². The van der Waals surface area contributed by atoms with Crippen molar-refractivity contribution in [2.45, 2.75) is 63.8 Å². The van der Waals surface area contributed by atoms with Crippen molar-refractivity contribution in [1.29, 1.82) is 0 Å². The van der Waals surface area contributed by atoms with Gasteiger partial charge in [-0.3, -0.25) is 9.59 Å². The van der Waals surface area contributed by atoms with Gasteiger partial charge in [0.1, 0.15) is 23.1 Å². The summed E-state index contributed by atoms with van der Waals surface area (Å²) in [5, 5.41) is 5.41. The fourth-order valence-electron chi connectivity index (χ4n) is 6.92. The molecule has 14 heteroatoms. The van der Waals surface area contributed by atoms with Crippen LogP contribution in [0, 0.1) is 13.8 Å². The Bertz CT molecular complexity index is 1830. The van der Waals surface area contributed by atoms with Crippen LogP contribution < -0.4 is 29.9 Å². The van der Waals surface area contributed by atoms with E-state index in [0.29, 0.717) is 71.8 Å². The number of benzene rings is 2. The third-order valence-corrected chi connectivity index (χ3v) is 9.56. The predicted molar refractivity (Wildman–Crippen MR) is 186 cm³/mol. The molecule has 0 aliphatic carbocycles. The van der Waals surface area contributed by atoms with Crippen LogP contribution in [0.15, 0.2) is 72.8 Å². The van der Waals surface area contributed by atoms with Gasteiger partial charge in [-0.05, 0) is 61.4 Å². The number of amides is 2. The summed E-state index contributed by atoms with van der Waals surface area (Å²) in [6, 6.07) is 20.8. The standard InChI is InChI=1S/2C19H19F2N3O2/c2*1-12-9-14-15(10-22-18(14)25)23-17(12)24-8-7-16(19(20,21)11-24)26-13-5-3-2-4-6-13/h2*2-6,9,16H,7-8,10-11H2,1H3,(H,22,25). The fourth-order valence-corrected chi connectivity index (χ4v) is 6.92. The first-order valence-corrected chi connectivity index (χ1v) is 17.1. The summed E-state index contributed by atoms with van der Waals surface area (Å²) in [4.78, 5) is 35.6. The van der Waals surface area contributed by atoms with Crippen molar-refractivity contribution in [3.8, 4) is 11.5 Å². The first-order chi connectivity index (χ1) is 24.9. The van der Waals surface area contributed by atoms with Crippen LogP contribution in [0.3, 0.4) is 0 Å². The second-order valence-corrected chi connectivity index (χ2v) is 13.4. The molecule has 2 aromatic carbocycles. The normalized spacial score (nSPS) is 21.3. The molecule has 272 valence electrons. The minimum absolute atomic E-state index is 0.164. The summed E-state index contributed by atoms with van der Waals surface area (Å²) in [6.45, 7) is 4.17. The van der Waals surface area contributed by atoms with E-state index >= 15 is 0 Å². The zero-order chi connectivity index (χ0) is 36.6. The van der Waals surface area contributed by atoms with Crippen molar-refractivity contribution in [1.82, 2.24) is 20.6 Å². The van der Waals surface area contributed by atoms with Gasteiger partial charge < -0.3 is 29.9 Å². The lowest BCUT2D eigenvalue weighted by Crippen LogP contribution is -2.54. The van der Waals surface area contributed by atoms with Crippen LogP contribution in [0.1, 0.15) is 56.1 Å². The number of para-hydroxylation sites is 2. The molecule has 4 aromatic rings. The Kier molecular flexibility index (Phi) is 9.40. The van der Waals surface area contributed by atoms with Crippen LogP contribution in [0.2, 0.25) is 0 Å². The summed E-state index contributed by atoms with van der Waals surface area (Å²) in [7, 11) is 0. The summed E-state index contributed by atoms with van der Waals surface area (Å²) >= 11 is 0. The molecule has 10 nitrogen and oxygen atoms in total. The van der Waals surface area contributed by atoms with Gasteiger partial charge in [0.25, 0.3) is 11.8 Å². The highest BCUT2D eigenvalue weighted by Crippen LogP contribution is 2.36. The van der Waals surface area contributed by atoms with Crippen molar-refractivity contribution >= 4 is 23.5 Å². The zero-order valence-corrected chi connectivity index (χ0v) is 28.7. The number of hydrogen-bond donors (Lipinski definition) is 2. The first-order valence-electron chi connectivity index (χ1n) is 17.1. The lowest BCUT2D eigenvalue weighted by molar-refractivity contribution is -0.102. The summed E-state index contributed by atoms with van der Waals surface area (Å²) in [5.74, 6) is -4.42. The molecular formula is C38H38F4N6O4. The van der Waals surface area contributed by atoms with Crippen LogP contribution in [0.25, 0.3) is 0 Å². The molecule has 2 N–H and O–H groups in total. The number of aromatic nitrogens is 2. The van der Waals surface area contributed by atoms with Gasteiger partial charge in [0, 0.05) is 25.9 Å². The predicted octanol–water partition coefficient (Wildman–Crippen LogP) is 5.85. The van der Waals surface area contributed by atoms with Gasteiger partial charge in [-0.15, -0.1) is 0 Å². The monoisotopic (exact) mass is 718 g/mol. The maximum atomic E-state index is 14.7. The number of nitrogens with zero attached hydrogens (tertiary/aromatic N) is 4. The van der Waals surface area contributed by atoms with Crippen molar-refractivity contribution in [3.05, 3.63) is 106 Å². The van der Waals surface area contributed by atoms with Crippen molar-refractivity contribution < 1.29 is 36.6 Å². The number of ether oxygens (including phenoxy) is 2. The molecule has 2 atom stereocenters. The quantitative estimate of drug-likeness (QED) is 0.239. The number of rotatable bonds is 6. The number of halogens is 4. The molecule has 52 heavy (non-hydrogen) atoms. The van der Waals surface area contributed by atoms with E-state index in [1.165, 1.54) is 0 Å². The highest BCUT2D eigenvalue weighted by Gasteiger charge is 2.48. The topological polar surface area (TPSA) is 109 Å². The minimum Gasteiger partial charge on any atom is -0.484 e. The molecule has 2 amide bonds. The number of carbonyl (C=O) groups excluding carboxylic acids is 2. The number of nitrogens with one attached hydrogen (secondary N) is 2. The van der Waals surface area contributed by atoms with E-state index < -0.39 is 37.1 Å². The van der Waals surface area contributed by atoms with Gasteiger partial charge in [0.15, 0.2) is 12.2 Å².